The molecule has 0 unspecified atom stereocenters. The molecule has 0 aliphatic rings. The second-order valence-electron chi connectivity index (χ2n) is 3.51. The lowest BCUT2D eigenvalue weighted by Crippen LogP contribution is -2.27. The highest BCUT2D eigenvalue weighted by Crippen LogP contribution is 2.20. The Bertz CT molecular complexity index is 405. The summed E-state index contributed by atoms with van der Waals surface area (Å²) in [5.41, 5.74) is 0.943. The topological polar surface area (TPSA) is 45.2 Å². The van der Waals surface area contributed by atoms with Crippen LogP contribution in [0.3, 0.4) is 0 Å². The van der Waals surface area contributed by atoms with Crippen molar-refractivity contribution in [1.29, 1.82) is 0 Å². The van der Waals surface area contributed by atoms with Gasteiger partial charge in [0.25, 0.3) is 0 Å². The number of amides is 1. The summed E-state index contributed by atoms with van der Waals surface area (Å²) in [6.45, 7) is 9.26. The number of thiazole rings is 1. The van der Waals surface area contributed by atoms with Crippen LogP contribution in [0.4, 0.5) is 5.13 Å². The maximum absolute atomic E-state index is 11.3. The molecule has 0 atom stereocenters. The molecule has 0 radical (unpaired) electrons. The van der Waals surface area contributed by atoms with E-state index in [9.17, 15) is 4.79 Å². The van der Waals surface area contributed by atoms with E-state index >= 15 is 0 Å². The molecule has 1 aromatic rings. The SMILES string of the molecule is C=C(Br)CNCc1csc(N(CC)C(C)=O)n1. The molecule has 1 N–H and O–H groups in total. The van der Waals surface area contributed by atoms with E-state index < -0.39 is 0 Å². The Balaban J connectivity index is 2.58. The molecular weight excluding hydrogens is 302 g/mol. The van der Waals surface area contributed by atoms with Gasteiger partial charge in [-0.3, -0.25) is 9.69 Å². The lowest BCUT2D eigenvalue weighted by molar-refractivity contribution is -0.116. The average molecular weight is 318 g/mol. The minimum absolute atomic E-state index is 0.0233. The van der Waals surface area contributed by atoms with E-state index in [0.717, 1.165) is 15.3 Å². The zero-order chi connectivity index (χ0) is 12.8. The van der Waals surface area contributed by atoms with Crippen molar-refractivity contribution in [3.63, 3.8) is 0 Å². The zero-order valence-electron chi connectivity index (χ0n) is 9.99. The normalized spacial score (nSPS) is 10.3. The van der Waals surface area contributed by atoms with Gasteiger partial charge in [0.1, 0.15) is 0 Å². The molecule has 1 heterocycles. The molecule has 1 aromatic heterocycles. The predicted molar refractivity (Wildman–Crippen MR) is 75.6 cm³/mol. The second-order valence-corrected chi connectivity index (χ2v) is 5.46. The maximum Gasteiger partial charge on any atom is 0.225 e. The number of anilines is 1. The highest BCUT2D eigenvalue weighted by atomic mass is 79.9. The number of halogens is 1. The first-order chi connectivity index (χ1) is 8.04. The van der Waals surface area contributed by atoms with E-state index in [1.807, 2.05) is 12.3 Å². The monoisotopic (exact) mass is 317 g/mol. The standard InChI is InChI=1S/C11H16BrN3OS/c1-4-15(9(3)16)11-14-10(7-17-11)6-13-5-8(2)12/h7,13H,2,4-6H2,1,3H3. The molecule has 4 nitrogen and oxygen atoms in total. The number of nitrogens with one attached hydrogen (secondary N) is 1. The first-order valence-corrected chi connectivity index (χ1v) is 6.98. The van der Waals surface area contributed by atoms with Gasteiger partial charge in [-0.2, -0.15) is 0 Å². The Kier molecular flexibility index (Phi) is 5.80. The quantitative estimate of drug-likeness (QED) is 0.876. The van der Waals surface area contributed by atoms with Gasteiger partial charge < -0.3 is 5.32 Å². The lowest BCUT2D eigenvalue weighted by atomic mass is 10.4. The summed E-state index contributed by atoms with van der Waals surface area (Å²) in [6, 6.07) is 0. The van der Waals surface area contributed by atoms with Gasteiger partial charge >= 0.3 is 0 Å². The molecule has 0 aromatic carbocycles. The van der Waals surface area contributed by atoms with E-state index in [1.165, 1.54) is 11.3 Å². The predicted octanol–water partition coefficient (Wildman–Crippen LogP) is 2.51. The van der Waals surface area contributed by atoms with Crippen LogP contribution in [-0.4, -0.2) is 24.0 Å². The summed E-state index contributed by atoms with van der Waals surface area (Å²) in [7, 11) is 0. The molecule has 0 saturated carbocycles. The van der Waals surface area contributed by atoms with Crippen molar-refractivity contribution in [1.82, 2.24) is 10.3 Å². The summed E-state index contributed by atoms with van der Waals surface area (Å²) in [5, 5.41) is 5.92. The van der Waals surface area contributed by atoms with Crippen LogP contribution in [0.15, 0.2) is 16.4 Å². The van der Waals surface area contributed by atoms with Crippen LogP contribution >= 0.6 is 27.3 Å². The molecule has 6 heteroatoms. The van der Waals surface area contributed by atoms with E-state index in [2.05, 4.69) is 32.8 Å². The van der Waals surface area contributed by atoms with E-state index in [-0.39, 0.29) is 5.91 Å². The number of rotatable bonds is 6. The van der Waals surface area contributed by atoms with Gasteiger partial charge in [0.05, 0.1) is 5.69 Å². The van der Waals surface area contributed by atoms with Gasteiger partial charge in [-0.05, 0) is 6.92 Å². The number of carbonyl (C=O) groups is 1. The van der Waals surface area contributed by atoms with Gasteiger partial charge in [-0.15, -0.1) is 11.3 Å². The third-order valence-corrected chi connectivity index (χ3v) is 3.28. The van der Waals surface area contributed by atoms with Crippen molar-refractivity contribution in [2.75, 3.05) is 18.0 Å². The molecule has 0 fully saturated rings. The van der Waals surface area contributed by atoms with Crippen LogP contribution in [-0.2, 0) is 11.3 Å². The maximum atomic E-state index is 11.3. The van der Waals surface area contributed by atoms with Crippen molar-refractivity contribution in [2.45, 2.75) is 20.4 Å². The van der Waals surface area contributed by atoms with Crippen LogP contribution in [0.1, 0.15) is 19.5 Å². The molecule has 0 spiro atoms. The summed E-state index contributed by atoms with van der Waals surface area (Å²) in [4.78, 5) is 17.4. The zero-order valence-corrected chi connectivity index (χ0v) is 12.4. The molecular formula is C11H16BrN3OS. The number of hydrogen-bond donors (Lipinski definition) is 1. The third kappa shape index (κ3) is 4.57. The van der Waals surface area contributed by atoms with Crippen molar-refractivity contribution in [2.24, 2.45) is 0 Å². The van der Waals surface area contributed by atoms with Gasteiger partial charge in [0, 0.05) is 36.4 Å². The first-order valence-electron chi connectivity index (χ1n) is 5.31. The van der Waals surface area contributed by atoms with Crippen LogP contribution in [0.2, 0.25) is 0 Å². The van der Waals surface area contributed by atoms with Crippen LogP contribution < -0.4 is 10.2 Å². The fourth-order valence-corrected chi connectivity index (χ4v) is 2.45. The molecule has 0 bridgehead atoms. The Morgan fingerprint density at radius 2 is 2.41 bits per heavy atom. The minimum atomic E-state index is 0.0233. The number of hydrogen-bond acceptors (Lipinski definition) is 4. The average Bonchev–Trinajstić information content (AvgIpc) is 2.66. The van der Waals surface area contributed by atoms with Crippen molar-refractivity contribution < 1.29 is 4.79 Å². The summed E-state index contributed by atoms with van der Waals surface area (Å²) in [6.07, 6.45) is 0. The fraction of sp³-hybridized carbons (Fsp3) is 0.455. The highest BCUT2D eigenvalue weighted by Gasteiger charge is 2.12. The Morgan fingerprint density at radius 3 is 2.94 bits per heavy atom. The van der Waals surface area contributed by atoms with E-state index in [4.69, 9.17) is 0 Å². The molecule has 0 aliphatic carbocycles. The van der Waals surface area contributed by atoms with E-state index in [0.29, 0.717) is 19.6 Å². The van der Waals surface area contributed by atoms with Gasteiger partial charge in [0.15, 0.2) is 5.13 Å². The molecule has 1 amide bonds. The highest BCUT2D eigenvalue weighted by molar-refractivity contribution is 9.11. The van der Waals surface area contributed by atoms with Crippen LogP contribution in [0.5, 0.6) is 0 Å². The largest absolute Gasteiger partial charge is 0.307 e. The summed E-state index contributed by atoms with van der Waals surface area (Å²) < 4.78 is 0.909. The molecule has 1 rings (SSSR count). The number of aromatic nitrogens is 1. The number of carbonyl (C=O) groups excluding carboxylic acids is 1. The Hall–Kier alpha value is -0.720. The molecule has 0 aliphatic heterocycles. The molecule has 0 saturated heterocycles. The lowest BCUT2D eigenvalue weighted by Gasteiger charge is -2.14. The first kappa shape index (κ1) is 14.3. The Labute approximate surface area is 114 Å². The Morgan fingerprint density at radius 1 is 1.71 bits per heavy atom. The second kappa shape index (κ2) is 6.88. The van der Waals surface area contributed by atoms with Crippen molar-refractivity contribution in [3.8, 4) is 0 Å². The number of nitrogens with zero attached hydrogens (tertiary/aromatic N) is 2. The third-order valence-electron chi connectivity index (χ3n) is 2.09. The van der Waals surface area contributed by atoms with Crippen LogP contribution in [0.25, 0.3) is 0 Å². The summed E-state index contributed by atoms with van der Waals surface area (Å²) in [5.74, 6) is 0.0233. The molecule has 94 valence electrons. The van der Waals surface area contributed by atoms with Gasteiger partial charge in [-0.25, -0.2) is 4.98 Å². The fourth-order valence-electron chi connectivity index (χ4n) is 1.32. The minimum Gasteiger partial charge on any atom is -0.307 e. The smallest absolute Gasteiger partial charge is 0.225 e. The van der Waals surface area contributed by atoms with Gasteiger partial charge in [0.2, 0.25) is 5.91 Å². The van der Waals surface area contributed by atoms with Crippen molar-refractivity contribution in [3.05, 3.63) is 22.1 Å². The summed E-state index contributed by atoms with van der Waals surface area (Å²) >= 11 is 4.77. The molecule has 17 heavy (non-hydrogen) atoms. The van der Waals surface area contributed by atoms with Crippen molar-refractivity contribution >= 4 is 38.3 Å². The van der Waals surface area contributed by atoms with E-state index in [1.54, 1.807) is 11.8 Å². The van der Waals surface area contributed by atoms with Crippen LogP contribution in [0, 0.1) is 0 Å². The van der Waals surface area contributed by atoms with Gasteiger partial charge in [-0.1, -0.05) is 22.5 Å².